The fraction of sp³-hybridized carbons (Fsp3) is 0.750. The Bertz CT molecular complexity index is 985. The van der Waals surface area contributed by atoms with E-state index in [9.17, 15) is 9.59 Å². The Hall–Kier alpha value is -2.24. The van der Waals surface area contributed by atoms with E-state index < -0.39 is 23.5 Å². The standard InChI is InChI=1S/C32H42O6/c1-4-18-15-27(35-29(33)37-31(2)23-7-19-5-20(9-23)10-24(31)8-19)17-28(16-18)36-30(34)38-32(3)25-11-21-6-22(13-25)14-26(32)12-21/h15-17,19-26H,4-14H2,1-3H3. The predicted octanol–water partition coefficient (Wildman–Crippen LogP) is 7.71. The number of carbonyl (C=O) groups excluding carboxylic acids is 2. The Morgan fingerprint density at radius 2 is 0.974 bits per heavy atom. The highest BCUT2D eigenvalue weighted by Gasteiger charge is 2.58. The van der Waals surface area contributed by atoms with E-state index in [1.165, 1.54) is 12.8 Å². The summed E-state index contributed by atoms with van der Waals surface area (Å²) in [4.78, 5) is 26.0. The minimum absolute atomic E-state index is 0.338. The molecule has 38 heavy (non-hydrogen) atoms. The van der Waals surface area contributed by atoms with Gasteiger partial charge in [0.15, 0.2) is 0 Å². The summed E-state index contributed by atoms with van der Waals surface area (Å²) in [5, 5.41) is 0. The van der Waals surface area contributed by atoms with Crippen molar-refractivity contribution in [2.45, 2.75) is 103 Å². The van der Waals surface area contributed by atoms with Crippen molar-refractivity contribution >= 4 is 12.3 Å². The highest BCUT2D eigenvalue weighted by Crippen LogP contribution is 2.60. The molecule has 9 rings (SSSR count). The van der Waals surface area contributed by atoms with Gasteiger partial charge in [-0.3, -0.25) is 0 Å². The summed E-state index contributed by atoms with van der Waals surface area (Å²) in [7, 11) is 0. The summed E-state index contributed by atoms with van der Waals surface area (Å²) in [5.41, 5.74) is 0.00793. The van der Waals surface area contributed by atoms with Crippen molar-refractivity contribution in [2.75, 3.05) is 0 Å². The molecular formula is C32H42O6. The molecule has 0 aliphatic heterocycles. The van der Waals surface area contributed by atoms with Crippen molar-refractivity contribution in [2.24, 2.45) is 47.3 Å². The summed E-state index contributed by atoms with van der Waals surface area (Å²) >= 11 is 0. The third-order valence-electron chi connectivity index (χ3n) is 11.9. The number of ether oxygens (including phenoxy) is 4. The molecule has 6 heteroatoms. The van der Waals surface area contributed by atoms with Gasteiger partial charge >= 0.3 is 12.3 Å². The molecule has 6 nitrogen and oxygen atoms in total. The first-order chi connectivity index (χ1) is 18.2. The normalized spacial score (nSPS) is 43.7. The topological polar surface area (TPSA) is 71.1 Å². The van der Waals surface area contributed by atoms with E-state index in [1.807, 2.05) is 19.1 Å². The zero-order valence-electron chi connectivity index (χ0n) is 23.1. The molecule has 0 amide bonds. The first kappa shape index (κ1) is 24.8. The van der Waals surface area contributed by atoms with E-state index in [2.05, 4.69) is 13.8 Å². The highest BCUT2D eigenvalue weighted by atomic mass is 16.7. The molecule has 0 N–H and O–H groups in total. The molecule has 8 aliphatic carbocycles. The van der Waals surface area contributed by atoms with E-state index in [0.29, 0.717) is 41.6 Å². The second-order valence-electron chi connectivity index (χ2n) is 14.1. The number of carbonyl (C=O) groups is 2. The average molecular weight is 523 g/mol. The van der Waals surface area contributed by atoms with Crippen LogP contribution in [0.2, 0.25) is 0 Å². The van der Waals surface area contributed by atoms with Gasteiger partial charge in [0.25, 0.3) is 0 Å². The van der Waals surface area contributed by atoms with Crippen LogP contribution in [0.25, 0.3) is 0 Å². The molecule has 0 saturated heterocycles. The quantitative estimate of drug-likeness (QED) is 0.291. The maximum atomic E-state index is 13.0. The first-order valence-electron chi connectivity index (χ1n) is 15.2. The molecule has 206 valence electrons. The number of benzene rings is 1. The fourth-order valence-electron chi connectivity index (χ4n) is 10.1. The van der Waals surface area contributed by atoms with Gasteiger partial charge < -0.3 is 18.9 Å². The summed E-state index contributed by atoms with van der Waals surface area (Å²) < 4.78 is 23.6. The molecule has 0 heterocycles. The van der Waals surface area contributed by atoms with Gasteiger partial charge in [-0.1, -0.05) is 6.92 Å². The minimum Gasteiger partial charge on any atom is -0.427 e. The van der Waals surface area contributed by atoms with Crippen molar-refractivity contribution < 1.29 is 28.5 Å². The van der Waals surface area contributed by atoms with Gasteiger partial charge in [0.2, 0.25) is 0 Å². The second kappa shape index (κ2) is 8.89. The second-order valence-corrected chi connectivity index (χ2v) is 14.1. The van der Waals surface area contributed by atoms with Gasteiger partial charge in [0.1, 0.15) is 22.7 Å². The lowest BCUT2D eigenvalue weighted by atomic mass is 9.50. The summed E-state index contributed by atoms with van der Waals surface area (Å²) in [6.07, 6.45) is 11.3. The van der Waals surface area contributed by atoms with E-state index in [-0.39, 0.29) is 0 Å². The Balaban J connectivity index is 1.02. The Labute approximate surface area is 226 Å². The number of aryl methyl sites for hydroxylation is 1. The molecule has 0 aromatic heterocycles. The van der Waals surface area contributed by atoms with Crippen molar-refractivity contribution in [3.8, 4) is 11.5 Å². The van der Waals surface area contributed by atoms with Gasteiger partial charge in [-0.05, 0) is 150 Å². The molecule has 8 saturated carbocycles. The largest absolute Gasteiger partial charge is 0.514 e. The van der Waals surface area contributed by atoms with Crippen LogP contribution in [-0.4, -0.2) is 23.5 Å². The van der Waals surface area contributed by atoms with Gasteiger partial charge in [0.05, 0.1) is 0 Å². The van der Waals surface area contributed by atoms with Crippen molar-refractivity contribution in [1.82, 2.24) is 0 Å². The summed E-state index contributed by atoms with van der Waals surface area (Å²) in [6.45, 7) is 6.24. The van der Waals surface area contributed by atoms with Crippen LogP contribution in [0.5, 0.6) is 11.5 Å². The predicted molar refractivity (Wildman–Crippen MR) is 141 cm³/mol. The maximum Gasteiger partial charge on any atom is 0.514 e. The summed E-state index contributed by atoms with van der Waals surface area (Å²) in [6, 6.07) is 5.23. The number of rotatable bonds is 5. The van der Waals surface area contributed by atoms with E-state index in [0.717, 1.165) is 80.6 Å². The van der Waals surface area contributed by atoms with E-state index >= 15 is 0 Å². The highest BCUT2D eigenvalue weighted by molar-refractivity contribution is 5.67. The summed E-state index contributed by atoms with van der Waals surface area (Å²) in [5.74, 6) is 5.57. The molecular weight excluding hydrogens is 480 g/mol. The van der Waals surface area contributed by atoms with Crippen LogP contribution >= 0.6 is 0 Å². The molecule has 1 aromatic rings. The molecule has 0 unspecified atom stereocenters. The molecule has 8 fully saturated rings. The van der Waals surface area contributed by atoms with E-state index in [4.69, 9.17) is 18.9 Å². The van der Waals surface area contributed by atoms with Gasteiger partial charge in [-0.25, -0.2) is 9.59 Å². The molecule has 1 aromatic carbocycles. The molecule has 8 aliphatic rings. The monoisotopic (exact) mass is 522 g/mol. The van der Waals surface area contributed by atoms with Crippen LogP contribution in [-0.2, 0) is 15.9 Å². The molecule has 0 spiro atoms. The van der Waals surface area contributed by atoms with Crippen LogP contribution in [0.1, 0.15) is 90.5 Å². The molecule has 8 bridgehead atoms. The van der Waals surface area contributed by atoms with Gasteiger partial charge in [-0.2, -0.15) is 0 Å². The third kappa shape index (κ3) is 4.12. The first-order valence-corrected chi connectivity index (χ1v) is 15.2. The number of hydrogen-bond acceptors (Lipinski definition) is 6. The minimum atomic E-state index is -0.664. The van der Waals surface area contributed by atoms with Crippen molar-refractivity contribution in [3.63, 3.8) is 0 Å². The van der Waals surface area contributed by atoms with Crippen LogP contribution < -0.4 is 9.47 Å². The lowest BCUT2D eigenvalue weighted by Gasteiger charge is -2.58. The Kier molecular flexibility index (Phi) is 5.80. The zero-order valence-corrected chi connectivity index (χ0v) is 23.1. The van der Waals surface area contributed by atoms with Gasteiger partial charge in [-0.15, -0.1) is 0 Å². The van der Waals surface area contributed by atoms with Crippen LogP contribution in [0.4, 0.5) is 9.59 Å². The lowest BCUT2D eigenvalue weighted by Crippen LogP contribution is -2.58. The Morgan fingerprint density at radius 1 is 0.632 bits per heavy atom. The Morgan fingerprint density at radius 3 is 1.29 bits per heavy atom. The van der Waals surface area contributed by atoms with Crippen LogP contribution in [0, 0.1) is 47.3 Å². The fourth-order valence-corrected chi connectivity index (χ4v) is 10.1. The van der Waals surface area contributed by atoms with Gasteiger partial charge in [0, 0.05) is 6.07 Å². The lowest BCUT2D eigenvalue weighted by molar-refractivity contribution is -0.169. The van der Waals surface area contributed by atoms with Crippen LogP contribution in [0.15, 0.2) is 18.2 Å². The van der Waals surface area contributed by atoms with Crippen LogP contribution in [0.3, 0.4) is 0 Å². The smallest absolute Gasteiger partial charge is 0.427 e. The SMILES string of the molecule is CCc1cc(OC(=O)OC2(C)C3CC4CC(C3)CC2C4)cc(OC(=O)OC2(C)C3CC4CC(C3)CC2C4)c1. The van der Waals surface area contributed by atoms with Crippen molar-refractivity contribution in [1.29, 1.82) is 0 Å². The zero-order chi connectivity index (χ0) is 26.2. The van der Waals surface area contributed by atoms with E-state index in [1.54, 1.807) is 6.07 Å². The molecule has 0 atom stereocenters. The third-order valence-corrected chi connectivity index (χ3v) is 11.9. The molecule has 0 radical (unpaired) electrons. The maximum absolute atomic E-state index is 13.0. The van der Waals surface area contributed by atoms with Crippen molar-refractivity contribution in [3.05, 3.63) is 23.8 Å². The average Bonchev–Trinajstić information content (AvgIpc) is 2.85. The number of hydrogen-bond donors (Lipinski definition) is 0.